The van der Waals surface area contributed by atoms with Crippen molar-refractivity contribution in [2.75, 3.05) is 0 Å². The van der Waals surface area contributed by atoms with Crippen LogP contribution in [0.15, 0.2) is 48.5 Å². The number of aromatic hydroxyl groups is 1. The Balaban J connectivity index is 2.06. The summed E-state index contributed by atoms with van der Waals surface area (Å²) in [6.45, 7) is 0. The second-order valence-corrected chi connectivity index (χ2v) is 5.09. The first-order chi connectivity index (χ1) is 8.84. The fourth-order valence-electron chi connectivity index (χ4n) is 3.01. The van der Waals surface area contributed by atoms with E-state index in [4.69, 9.17) is 0 Å². The molecule has 2 aromatic carbocycles. The molecule has 0 aliphatic heterocycles. The van der Waals surface area contributed by atoms with Crippen LogP contribution in [0.5, 0.6) is 5.75 Å². The minimum absolute atomic E-state index is 0.370. The third-order valence-electron chi connectivity index (χ3n) is 3.89. The molecule has 0 radical (unpaired) electrons. The van der Waals surface area contributed by atoms with Gasteiger partial charge in [0.1, 0.15) is 5.75 Å². The van der Waals surface area contributed by atoms with Crippen LogP contribution < -0.4 is 0 Å². The molecule has 0 fully saturated rings. The molecule has 1 nitrogen and oxygen atoms in total. The summed E-state index contributed by atoms with van der Waals surface area (Å²) < 4.78 is 0. The average Bonchev–Trinajstić information content (AvgIpc) is 2.61. The van der Waals surface area contributed by atoms with Gasteiger partial charge in [-0.3, -0.25) is 0 Å². The Bertz CT molecular complexity index is 545. The number of fused-ring (bicyclic) bond motifs is 1. The van der Waals surface area contributed by atoms with Gasteiger partial charge in [-0.25, -0.2) is 0 Å². The number of benzene rings is 2. The monoisotopic (exact) mass is 238 g/mol. The van der Waals surface area contributed by atoms with Crippen molar-refractivity contribution in [2.24, 2.45) is 0 Å². The van der Waals surface area contributed by atoms with Crippen molar-refractivity contribution < 1.29 is 5.11 Å². The number of phenolic OH excluding ortho intramolecular Hbond substituents is 1. The lowest BCUT2D eigenvalue weighted by atomic mass is 9.86. The first-order valence-corrected chi connectivity index (χ1v) is 6.71. The Labute approximate surface area is 108 Å². The topological polar surface area (TPSA) is 20.2 Å². The van der Waals surface area contributed by atoms with E-state index in [1.807, 2.05) is 12.1 Å². The largest absolute Gasteiger partial charge is 0.508 e. The molecule has 2 aromatic rings. The number of phenols is 1. The first-order valence-electron chi connectivity index (χ1n) is 6.71. The summed E-state index contributed by atoms with van der Waals surface area (Å²) in [7, 11) is 0. The Kier molecular flexibility index (Phi) is 3.06. The molecule has 1 aliphatic carbocycles. The van der Waals surface area contributed by atoms with Crippen molar-refractivity contribution in [2.45, 2.75) is 31.6 Å². The summed E-state index contributed by atoms with van der Waals surface area (Å²) >= 11 is 0. The zero-order valence-corrected chi connectivity index (χ0v) is 10.5. The van der Waals surface area contributed by atoms with Crippen LogP contribution in [0.4, 0.5) is 0 Å². The molecular formula is C17H18O. The van der Waals surface area contributed by atoms with Crippen LogP contribution in [0, 0.1) is 0 Å². The number of aryl methyl sites for hydroxylation is 1. The van der Waals surface area contributed by atoms with Gasteiger partial charge in [-0.05, 0) is 48.1 Å². The third kappa shape index (κ3) is 2.13. The molecule has 18 heavy (non-hydrogen) atoms. The fraction of sp³-hybridized carbons (Fsp3) is 0.294. The molecule has 0 aromatic heterocycles. The highest BCUT2D eigenvalue weighted by molar-refractivity contribution is 5.41. The molecule has 0 amide bonds. The maximum Gasteiger partial charge on any atom is 0.115 e. The third-order valence-corrected chi connectivity index (χ3v) is 3.89. The molecule has 1 atom stereocenters. The maximum atomic E-state index is 9.66. The van der Waals surface area contributed by atoms with Gasteiger partial charge < -0.3 is 5.11 Å². The zero-order chi connectivity index (χ0) is 12.4. The highest BCUT2D eigenvalue weighted by atomic mass is 16.3. The predicted octanol–water partition coefficient (Wildman–Crippen LogP) is 4.25. The van der Waals surface area contributed by atoms with E-state index in [-0.39, 0.29) is 0 Å². The average molecular weight is 238 g/mol. The lowest BCUT2D eigenvalue weighted by molar-refractivity contribution is 0.474. The van der Waals surface area contributed by atoms with Crippen molar-refractivity contribution in [1.29, 1.82) is 0 Å². The zero-order valence-electron chi connectivity index (χ0n) is 10.5. The Morgan fingerprint density at radius 3 is 2.72 bits per heavy atom. The van der Waals surface area contributed by atoms with Crippen molar-refractivity contribution >= 4 is 0 Å². The quantitative estimate of drug-likeness (QED) is 0.736. The standard InChI is InChI=1S/C17H18O/c18-15-9-5-8-14(12-15)17-11-4-2-7-13-6-1-3-10-16(13)17/h1,3,5-6,8-10,12,17-18H,2,4,7,11H2. The molecule has 1 aliphatic rings. The number of rotatable bonds is 1. The van der Waals surface area contributed by atoms with Crippen LogP contribution in [0.3, 0.4) is 0 Å². The van der Waals surface area contributed by atoms with E-state index in [1.165, 1.54) is 42.4 Å². The summed E-state index contributed by atoms with van der Waals surface area (Å²) in [5.74, 6) is 0.810. The number of hydrogen-bond acceptors (Lipinski definition) is 1. The van der Waals surface area contributed by atoms with Crippen molar-refractivity contribution in [1.82, 2.24) is 0 Å². The van der Waals surface area contributed by atoms with Gasteiger partial charge in [0, 0.05) is 5.92 Å². The highest BCUT2D eigenvalue weighted by Crippen LogP contribution is 2.36. The molecule has 0 bridgehead atoms. The van der Waals surface area contributed by atoms with Gasteiger partial charge in [-0.15, -0.1) is 0 Å². The van der Waals surface area contributed by atoms with Crippen LogP contribution in [-0.4, -0.2) is 5.11 Å². The van der Waals surface area contributed by atoms with Gasteiger partial charge in [0.15, 0.2) is 0 Å². The number of hydrogen-bond donors (Lipinski definition) is 1. The maximum absolute atomic E-state index is 9.66. The van der Waals surface area contributed by atoms with Crippen molar-refractivity contribution in [3.8, 4) is 5.75 Å². The van der Waals surface area contributed by atoms with Crippen molar-refractivity contribution in [3.05, 3.63) is 65.2 Å². The second kappa shape index (κ2) is 4.85. The van der Waals surface area contributed by atoms with Crippen LogP contribution in [0.25, 0.3) is 0 Å². The normalized spacial score (nSPS) is 19.0. The summed E-state index contributed by atoms with van der Waals surface area (Å²) in [5, 5.41) is 9.66. The summed E-state index contributed by atoms with van der Waals surface area (Å²) in [4.78, 5) is 0. The van der Waals surface area contributed by atoms with E-state index in [1.54, 1.807) is 6.07 Å². The van der Waals surface area contributed by atoms with Crippen LogP contribution in [0.2, 0.25) is 0 Å². The molecule has 0 heterocycles. The molecule has 92 valence electrons. The van der Waals surface area contributed by atoms with E-state index in [2.05, 4.69) is 30.3 Å². The van der Waals surface area contributed by atoms with E-state index in [0.717, 1.165) is 0 Å². The second-order valence-electron chi connectivity index (χ2n) is 5.09. The molecule has 0 saturated carbocycles. The smallest absolute Gasteiger partial charge is 0.115 e. The lowest BCUT2D eigenvalue weighted by Crippen LogP contribution is -2.01. The minimum Gasteiger partial charge on any atom is -0.508 e. The lowest BCUT2D eigenvalue weighted by Gasteiger charge is -2.18. The SMILES string of the molecule is Oc1cccc(C2CCCCc3ccccc32)c1. The summed E-state index contributed by atoms with van der Waals surface area (Å²) in [5.41, 5.74) is 4.16. The van der Waals surface area contributed by atoms with Gasteiger partial charge in [0.25, 0.3) is 0 Å². The molecular weight excluding hydrogens is 220 g/mol. The summed E-state index contributed by atoms with van der Waals surface area (Å²) in [6, 6.07) is 16.5. The molecule has 1 heteroatoms. The Hall–Kier alpha value is -1.76. The van der Waals surface area contributed by atoms with Gasteiger partial charge >= 0.3 is 0 Å². The van der Waals surface area contributed by atoms with Gasteiger partial charge in [-0.2, -0.15) is 0 Å². The van der Waals surface area contributed by atoms with Crippen LogP contribution >= 0.6 is 0 Å². The predicted molar refractivity (Wildman–Crippen MR) is 73.9 cm³/mol. The van der Waals surface area contributed by atoms with E-state index in [0.29, 0.717) is 11.7 Å². The van der Waals surface area contributed by atoms with E-state index < -0.39 is 0 Å². The molecule has 0 spiro atoms. The summed E-state index contributed by atoms with van der Waals surface area (Å²) in [6.07, 6.45) is 4.90. The molecule has 1 N–H and O–H groups in total. The van der Waals surface area contributed by atoms with Gasteiger partial charge in [0.05, 0.1) is 0 Å². The molecule has 3 rings (SSSR count). The van der Waals surface area contributed by atoms with Gasteiger partial charge in [0.2, 0.25) is 0 Å². The first kappa shape index (κ1) is 11.3. The molecule has 0 saturated heterocycles. The molecule has 1 unspecified atom stereocenters. The van der Waals surface area contributed by atoms with Crippen LogP contribution in [0.1, 0.15) is 41.9 Å². The van der Waals surface area contributed by atoms with Gasteiger partial charge in [-0.1, -0.05) is 42.8 Å². The van der Waals surface area contributed by atoms with E-state index in [9.17, 15) is 5.11 Å². The Morgan fingerprint density at radius 1 is 0.944 bits per heavy atom. The minimum atomic E-state index is 0.370. The van der Waals surface area contributed by atoms with E-state index >= 15 is 0 Å². The van der Waals surface area contributed by atoms with Crippen molar-refractivity contribution in [3.63, 3.8) is 0 Å². The fourth-order valence-corrected chi connectivity index (χ4v) is 3.01. The Morgan fingerprint density at radius 2 is 1.83 bits per heavy atom. The van der Waals surface area contributed by atoms with Crippen LogP contribution in [-0.2, 0) is 6.42 Å². The highest BCUT2D eigenvalue weighted by Gasteiger charge is 2.19.